The summed E-state index contributed by atoms with van der Waals surface area (Å²) in [7, 11) is 0. The van der Waals surface area contributed by atoms with Crippen LogP contribution in [-0.2, 0) is 11.3 Å². The molecule has 1 unspecified atom stereocenters. The molecular formula is C23H23N5O2. The highest BCUT2D eigenvalue weighted by Gasteiger charge is 2.15. The number of aryl methyl sites for hydroxylation is 2. The second-order valence-corrected chi connectivity index (χ2v) is 7.47. The van der Waals surface area contributed by atoms with Crippen LogP contribution in [0.3, 0.4) is 0 Å². The highest BCUT2D eigenvalue weighted by molar-refractivity contribution is 5.76. The zero-order valence-corrected chi connectivity index (χ0v) is 17.2. The van der Waals surface area contributed by atoms with E-state index in [1.165, 1.54) is 10.8 Å². The smallest absolute Gasteiger partial charge is 0.293 e. The van der Waals surface area contributed by atoms with Crippen molar-refractivity contribution >= 4 is 11.4 Å². The quantitative estimate of drug-likeness (QED) is 0.557. The molecule has 0 aliphatic rings. The average molecular weight is 401 g/mol. The summed E-state index contributed by atoms with van der Waals surface area (Å²) in [6, 6.07) is 17.4. The van der Waals surface area contributed by atoms with Crippen LogP contribution in [0.4, 0.5) is 0 Å². The van der Waals surface area contributed by atoms with Gasteiger partial charge in [-0.2, -0.15) is 10.2 Å². The van der Waals surface area contributed by atoms with Gasteiger partial charge in [-0.25, -0.2) is 9.20 Å². The molecule has 0 saturated heterocycles. The van der Waals surface area contributed by atoms with Gasteiger partial charge in [0.25, 0.3) is 5.56 Å². The summed E-state index contributed by atoms with van der Waals surface area (Å²) in [5.41, 5.74) is 4.89. The molecule has 0 spiro atoms. The summed E-state index contributed by atoms with van der Waals surface area (Å²) in [6.45, 7) is 5.77. The molecule has 0 saturated carbocycles. The van der Waals surface area contributed by atoms with Crippen molar-refractivity contribution in [3.8, 4) is 11.3 Å². The largest absolute Gasteiger partial charge is 0.348 e. The van der Waals surface area contributed by atoms with Crippen molar-refractivity contribution in [1.82, 2.24) is 24.7 Å². The Morgan fingerprint density at radius 3 is 2.63 bits per heavy atom. The predicted molar refractivity (Wildman–Crippen MR) is 115 cm³/mol. The first-order chi connectivity index (χ1) is 14.4. The summed E-state index contributed by atoms with van der Waals surface area (Å²) < 4.78 is 2.62. The Morgan fingerprint density at radius 1 is 1.10 bits per heavy atom. The molecule has 1 N–H and O–H groups in total. The van der Waals surface area contributed by atoms with Crippen molar-refractivity contribution in [3.05, 3.63) is 88.0 Å². The van der Waals surface area contributed by atoms with Crippen molar-refractivity contribution in [2.45, 2.75) is 33.4 Å². The van der Waals surface area contributed by atoms with Crippen LogP contribution in [0, 0.1) is 13.8 Å². The Hall–Kier alpha value is -3.74. The summed E-state index contributed by atoms with van der Waals surface area (Å²) >= 11 is 0. The van der Waals surface area contributed by atoms with E-state index in [2.05, 4.69) is 15.5 Å². The van der Waals surface area contributed by atoms with Gasteiger partial charge in [0.05, 0.1) is 11.7 Å². The highest BCUT2D eigenvalue weighted by atomic mass is 16.2. The normalized spacial score (nSPS) is 12.1. The van der Waals surface area contributed by atoms with E-state index in [1.807, 2.05) is 69.3 Å². The van der Waals surface area contributed by atoms with E-state index in [1.54, 1.807) is 6.07 Å². The SMILES string of the molecule is Cc1ccc(C)c(-c2cc3c(=O)n(CC(=O)NC(C)c4ccccc4)ncn3n2)c1. The third-order valence-corrected chi connectivity index (χ3v) is 5.13. The zero-order valence-electron chi connectivity index (χ0n) is 17.2. The van der Waals surface area contributed by atoms with Gasteiger partial charge in [0.1, 0.15) is 18.4 Å². The predicted octanol–water partition coefficient (Wildman–Crippen LogP) is 3.05. The van der Waals surface area contributed by atoms with E-state index >= 15 is 0 Å². The van der Waals surface area contributed by atoms with Gasteiger partial charge in [-0.05, 0) is 44.0 Å². The van der Waals surface area contributed by atoms with Crippen LogP contribution in [0.2, 0.25) is 0 Å². The molecule has 1 amide bonds. The lowest BCUT2D eigenvalue weighted by molar-refractivity contribution is -0.122. The van der Waals surface area contributed by atoms with Gasteiger partial charge in [0, 0.05) is 5.56 Å². The molecule has 30 heavy (non-hydrogen) atoms. The molecule has 7 nitrogen and oxygen atoms in total. The lowest BCUT2D eigenvalue weighted by Crippen LogP contribution is -2.35. The number of hydrogen-bond donors (Lipinski definition) is 1. The van der Waals surface area contributed by atoms with Crippen LogP contribution < -0.4 is 10.9 Å². The molecule has 0 fully saturated rings. The molecule has 4 rings (SSSR count). The third-order valence-electron chi connectivity index (χ3n) is 5.13. The van der Waals surface area contributed by atoms with Crippen LogP contribution in [0.1, 0.15) is 29.7 Å². The lowest BCUT2D eigenvalue weighted by atomic mass is 10.0. The topological polar surface area (TPSA) is 81.3 Å². The standard InChI is InChI=1S/C23H23N5O2/c1-15-9-10-16(2)19(11-15)20-12-21-23(30)27(24-14-28(21)26-20)13-22(29)25-17(3)18-7-5-4-6-8-18/h4-12,14,17H,13H2,1-3H3,(H,25,29). The van der Waals surface area contributed by atoms with E-state index in [0.717, 1.165) is 26.9 Å². The average Bonchev–Trinajstić information content (AvgIpc) is 3.17. The zero-order chi connectivity index (χ0) is 21.3. The summed E-state index contributed by atoms with van der Waals surface area (Å²) in [5.74, 6) is -0.278. The Bertz CT molecular complexity index is 1270. The lowest BCUT2D eigenvalue weighted by Gasteiger charge is -2.14. The molecule has 4 aromatic rings. The van der Waals surface area contributed by atoms with E-state index in [-0.39, 0.29) is 24.1 Å². The first kappa shape index (κ1) is 19.6. The maximum atomic E-state index is 12.9. The maximum Gasteiger partial charge on any atom is 0.293 e. The molecule has 1 atom stereocenters. The van der Waals surface area contributed by atoms with Gasteiger partial charge in [0.2, 0.25) is 5.91 Å². The van der Waals surface area contributed by atoms with Crippen LogP contribution in [-0.4, -0.2) is 25.3 Å². The van der Waals surface area contributed by atoms with Crippen LogP contribution in [0.5, 0.6) is 0 Å². The number of aromatic nitrogens is 4. The molecule has 2 heterocycles. The van der Waals surface area contributed by atoms with Crippen molar-refractivity contribution in [3.63, 3.8) is 0 Å². The van der Waals surface area contributed by atoms with E-state index in [9.17, 15) is 9.59 Å². The highest BCUT2D eigenvalue weighted by Crippen LogP contribution is 2.23. The second-order valence-electron chi connectivity index (χ2n) is 7.47. The van der Waals surface area contributed by atoms with Gasteiger partial charge in [-0.3, -0.25) is 9.59 Å². The number of hydrogen-bond acceptors (Lipinski definition) is 4. The summed E-state index contributed by atoms with van der Waals surface area (Å²) in [4.78, 5) is 25.3. The first-order valence-corrected chi connectivity index (χ1v) is 9.80. The van der Waals surface area contributed by atoms with E-state index in [0.29, 0.717) is 11.2 Å². The molecular weight excluding hydrogens is 378 g/mol. The molecule has 152 valence electrons. The van der Waals surface area contributed by atoms with Crippen molar-refractivity contribution < 1.29 is 4.79 Å². The molecule has 2 aromatic carbocycles. The van der Waals surface area contributed by atoms with Gasteiger partial charge in [-0.1, -0.05) is 48.0 Å². The minimum Gasteiger partial charge on any atom is -0.348 e. The van der Waals surface area contributed by atoms with Crippen molar-refractivity contribution in [2.75, 3.05) is 0 Å². The molecule has 0 radical (unpaired) electrons. The van der Waals surface area contributed by atoms with E-state index in [4.69, 9.17) is 0 Å². The maximum absolute atomic E-state index is 12.9. The van der Waals surface area contributed by atoms with Gasteiger partial charge in [-0.15, -0.1) is 0 Å². The monoisotopic (exact) mass is 401 g/mol. The number of carbonyl (C=O) groups excluding carboxylic acids is 1. The fraction of sp³-hybridized carbons (Fsp3) is 0.217. The number of amides is 1. The van der Waals surface area contributed by atoms with Gasteiger partial charge in [0.15, 0.2) is 0 Å². The Balaban J connectivity index is 1.58. The minimum absolute atomic E-state index is 0.156. The van der Waals surface area contributed by atoms with Crippen LogP contribution >= 0.6 is 0 Å². The Labute approximate surface area is 174 Å². The summed E-state index contributed by atoms with van der Waals surface area (Å²) in [6.07, 6.45) is 1.46. The number of benzene rings is 2. The molecule has 0 aliphatic heterocycles. The number of nitrogens with zero attached hydrogens (tertiary/aromatic N) is 4. The Kier molecular flexibility index (Phi) is 5.18. The Morgan fingerprint density at radius 2 is 1.87 bits per heavy atom. The number of carbonyl (C=O) groups is 1. The second kappa shape index (κ2) is 7.94. The fourth-order valence-corrected chi connectivity index (χ4v) is 3.44. The molecule has 2 aromatic heterocycles. The van der Waals surface area contributed by atoms with Gasteiger partial charge >= 0.3 is 0 Å². The number of rotatable bonds is 5. The van der Waals surface area contributed by atoms with Crippen LogP contribution in [0.15, 0.2) is 65.7 Å². The molecule has 7 heteroatoms. The minimum atomic E-state index is -0.357. The van der Waals surface area contributed by atoms with Crippen molar-refractivity contribution in [2.24, 2.45) is 0 Å². The van der Waals surface area contributed by atoms with Crippen molar-refractivity contribution in [1.29, 1.82) is 0 Å². The molecule has 0 aliphatic carbocycles. The third kappa shape index (κ3) is 3.87. The van der Waals surface area contributed by atoms with Gasteiger partial charge < -0.3 is 5.32 Å². The van der Waals surface area contributed by atoms with E-state index < -0.39 is 0 Å². The first-order valence-electron chi connectivity index (χ1n) is 9.80. The fourth-order valence-electron chi connectivity index (χ4n) is 3.44. The molecule has 0 bridgehead atoms. The van der Waals surface area contributed by atoms with Crippen LogP contribution in [0.25, 0.3) is 16.8 Å². The number of nitrogens with one attached hydrogen (secondary N) is 1. The number of fused-ring (bicyclic) bond motifs is 1. The summed E-state index contributed by atoms with van der Waals surface area (Å²) in [5, 5.41) is 11.5.